The first-order valence-electron chi connectivity index (χ1n) is 7.06. The number of aliphatic carboxylic acids is 1. The van der Waals surface area contributed by atoms with Gasteiger partial charge < -0.3 is 20.0 Å². The highest BCUT2D eigenvalue weighted by Gasteiger charge is 2.38. The van der Waals surface area contributed by atoms with Crippen molar-refractivity contribution in [2.45, 2.75) is 50.6 Å². The van der Waals surface area contributed by atoms with Crippen molar-refractivity contribution in [1.82, 2.24) is 9.80 Å². The van der Waals surface area contributed by atoms with Gasteiger partial charge in [0.2, 0.25) is 0 Å². The van der Waals surface area contributed by atoms with Crippen LogP contribution in [-0.2, 0) is 4.79 Å². The van der Waals surface area contributed by atoms with E-state index >= 15 is 0 Å². The van der Waals surface area contributed by atoms with Crippen molar-refractivity contribution < 1.29 is 19.8 Å². The zero-order chi connectivity index (χ0) is 13.8. The van der Waals surface area contributed by atoms with Crippen LogP contribution in [0.15, 0.2) is 0 Å². The number of likely N-dealkylation sites (tertiary alicyclic amines) is 2. The second kappa shape index (κ2) is 6.23. The molecule has 1 unspecified atom stereocenters. The Morgan fingerprint density at radius 1 is 1.05 bits per heavy atom. The lowest BCUT2D eigenvalue weighted by Gasteiger charge is -2.38. The van der Waals surface area contributed by atoms with Crippen LogP contribution >= 0.6 is 0 Å². The quantitative estimate of drug-likeness (QED) is 0.798. The van der Waals surface area contributed by atoms with E-state index in [9.17, 15) is 9.59 Å². The highest BCUT2D eigenvalue weighted by molar-refractivity contribution is 5.83. The van der Waals surface area contributed by atoms with Gasteiger partial charge in [0.1, 0.15) is 6.04 Å². The largest absolute Gasteiger partial charge is 0.480 e. The molecule has 2 heterocycles. The first-order valence-corrected chi connectivity index (χ1v) is 7.06. The normalized spacial score (nSPS) is 27.6. The van der Waals surface area contributed by atoms with Crippen molar-refractivity contribution in [2.75, 3.05) is 19.7 Å². The molecule has 108 valence electrons. The molecule has 19 heavy (non-hydrogen) atoms. The third kappa shape index (κ3) is 3.00. The minimum Gasteiger partial charge on any atom is -0.480 e. The van der Waals surface area contributed by atoms with Gasteiger partial charge in [-0.1, -0.05) is 0 Å². The lowest BCUT2D eigenvalue weighted by Crippen LogP contribution is -2.53. The first kappa shape index (κ1) is 14.1. The average molecular weight is 270 g/mol. The third-order valence-electron chi connectivity index (χ3n) is 4.12. The zero-order valence-corrected chi connectivity index (χ0v) is 11.1. The molecule has 0 aromatic carbocycles. The van der Waals surface area contributed by atoms with Crippen LogP contribution in [0.2, 0.25) is 0 Å². The summed E-state index contributed by atoms with van der Waals surface area (Å²) in [7, 11) is 0. The molecule has 0 aromatic heterocycles. The molecule has 0 saturated carbocycles. The first-order chi connectivity index (χ1) is 9.15. The molecule has 6 nitrogen and oxygen atoms in total. The van der Waals surface area contributed by atoms with E-state index in [1.54, 1.807) is 4.90 Å². The molecule has 0 spiro atoms. The Labute approximate surface area is 113 Å². The number of piperidine rings is 1. The Bertz CT molecular complexity index is 346. The molecule has 0 bridgehead atoms. The lowest BCUT2D eigenvalue weighted by molar-refractivity contribution is -0.141. The second-order valence-corrected chi connectivity index (χ2v) is 5.33. The molecule has 0 aliphatic carbocycles. The molecule has 2 fully saturated rings. The minimum absolute atomic E-state index is 0.0568. The molecule has 2 aliphatic rings. The predicted octanol–water partition coefficient (Wildman–Crippen LogP) is 0.892. The van der Waals surface area contributed by atoms with E-state index in [1.165, 1.54) is 4.90 Å². The maximum Gasteiger partial charge on any atom is 0.326 e. The van der Waals surface area contributed by atoms with Crippen LogP contribution in [-0.4, -0.2) is 63.8 Å². The summed E-state index contributed by atoms with van der Waals surface area (Å²) >= 11 is 0. The van der Waals surface area contributed by atoms with Crippen LogP contribution in [0, 0.1) is 0 Å². The fraction of sp³-hybridized carbons (Fsp3) is 0.846. The number of nitrogens with zero attached hydrogens (tertiary/aromatic N) is 2. The molecule has 2 atom stereocenters. The molecular weight excluding hydrogens is 248 g/mol. The van der Waals surface area contributed by atoms with Crippen molar-refractivity contribution in [2.24, 2.45) is 0 Å². The summed E-state index contributed by atoms with van der Waals surface area (Å²) in [6.07, 6.45) is 4.80. The van der Waals surface area contributed by atoms with Crippen LogP contribution in [0.1, 0.15) is 38.5 Å². The predicted molar refractivity (Wildman–Crippen MR) is 68.8 cm³/mol. The minimum atomic E-state index is -0.915. The number of aliphatic hydroxyl groups is 1. The molecule has 2 saturated heterocycles. The number of urea groups is 1. The van der Waals surface area contributed by atoms with Crippen molar-refractivity contribution in [3.63, 3.8) is 0 Å². The van der Waals surface area contributed by atoms with Crippen LogP contribution in [0.3, 0.4) is 0 Å². The van der Waals surface area contributed by atoms with E-state index in [2.05, 4.69) is 0 Å². The third-order valence-corrected chi connectivity index (χ3v) is 4.12. The van der Waals surface area contributed by atoms with E-state index in [4.69, 9.17) is 10.2 Å². The van der Waals surface area contributed by atoms with Gasteiger partial charge in [-0.25, -0.2) is 9.59 Å². The number of carboxylic acids is 1. The van der Waals surface area contributed by atoms with Crippen LogP contribution in [0.25, 0.3) is 0 Å². The molecule has 6 heteroatoms. The Balaban J connectivity index is 2.06. The average Bonchev–Trinajstić information content (AvgIpc) is 2.88. The number of hydrogen-bond acceptors (Lipinski definition) is 3. The molecule has 2 N–H and O–H groups in total. The Morgan fingerprint density at radius 2 is 1.79 bits per heavy atom. The lowest BCUT2D eigenvalue weighted by atomic mass is 10.00. The van der Waals surface area contributed by atoms with Gasteiger partial charge in [0.25, 0.3) is 0 Å². The van der Waals surface area contributed by atoms with Gasteiger partial charge in [0, 0.05) is 25.7 Å². The van der Waals surface area contributed by atoms with Gasteiger partial charge in [-0.05, 0) is 38.5 Å². The molecule has 0 aromatic rings. The molecule has 2 amide bonds. The van der Waals surface area contributed by atoms with Crippen LogP contribution < -0.4 is 0 Å². The van der Waals surface area contributed by atoms with E-state index in [-0.39, 0.29) is 18.7 Å². The summed E-state index contributed by atoms with van der Waals surface area (Å²) in [5.74, 6) is -0.915. The monoisotopic (exact) mass is 270 g/mol. The fourth-order valence-corrected chi connectivity index (χ4v) is 3.12. The number of carbonyl (C=O) groups excluding carboxylic acids is 1. The maximum atomic E-state index is 12.5. The van der Waals surface area contributed by atoms with E-state index in [0.717, 1.165) is 25.7 Å². The molecule has 2 rings (SSSR count). The van der Waals surface area contributed by atoms with Crippen molar-refractivity contribution in [3.05, 3.63) is 0 Å². The topological polar surface area (TPSA) is 81.1 Å². The number of amides is 2. The van der Waals surface area contributed by atoms with E-state index in [1.807, 2.05) is 0 Å². The van der Waals surface area contributed by atoms with Crippen LogP contribution in [0.4, 0.5) is 4.79 Å². The molecule has 0 radical (unpaired) electrons. The number of rotatable bonds is 3. The van der Waals surface area contributed by atoms with Crippen molar-refractivity contribution in [1.29, 1.82) is 0 Å². The Morgan fingerprint density at radius 3 is 2.47 bits per heavy atom. The smallest absolute Gasteiger partial charge is 0.326 e. The maximum absolute atomic E-state index is 12.5. The zero-order valence-electron chi connectivity index (χ0n) is 11.1. The summed E-state index contributed by atoms with van der Waals surface area (Å²) in [4.78, 5) is 26.9. The Kier molecular flexibility index (Phi) is 4.63. The van der Waals surface area contributed by atoms with Gasteiger partial charge in [0.15, 0.2) is 0 Å². The summed E-state index contributed by atoms with van der Waals surface area (Å²) in [6, 6.07) is -0.784. The highest BCUT2D eigenvalue weighted by Crippen LogP contribution is 2.25. The number of hydrogen-bond donors (Lipinski definition) is 2. The van der Waals surface area contributed by atoms with Crippen molar-refractivity contribution >= 4 is 12.0 Å². The Hall–Kier alpha value is -1.30. The van der Waals surface area contributed by atoms with Crippen LogP contribution in [0.5, 0.6) is 0 Å². The van der Waals surface area contributed by atoms with Gasteiger partial charge in [0.05, 0.1) is 0 Å². The van der Waals surface area contributed by atoms with Gasteiger partial charge >= 0.3 is 12.0 Å². The standard InChI is InChI=1S/C13H22N2O4/c16-9-6-10-4-1-2-7-14(10)13(19)15-8-3-5-11(15)12(17)18/h10-11,16H,1-9H2,(H,17,18)/t10?,11-/m0/s1. The van der Waals surface area contributed by atoms with E-state index in [0.29, 0.717) is 25.9 Å². The number of aliphatic hydroxyl groups excluding tert-OH is 1. The summed E-state index contributed by atoms with van der Waals surface area (Å²) in [6.45, 7) is 1.27. The van der Waals surface area contributed by atoms with Crippen molar-refractivity contribution in [3.8, 4) is 0 Å². The molecule has 2 aliphatic heterocycles. The summed E-state index contributed by atoms with van der Waals surface area (Å²) in [5.41, 5.74) is 0. The second-order valence-electron chi connectivity index (χ2n) is 5.33. The van der Waals surface area contributed by atoms with Gasteiger partial charge in [-0.3, -0.25) is 0 Å². The fourth-order valence-electron chi connectivity index (χ4n) is 3.12. The SMILES string of the molecule is O=C(O)[C@@H]1CCCN1C(=O)N1CCCCC1CCO. The highest BCUT2D eigenvalue weighted by atomic mass is 16.4. The number of carbonyl (C=O) groups is 2. The molecular formula is C13H22N2O4. The number of carboxylic acid groups (broad SMARTS) is 1. The van der Waals surface area contributed by atoms with Gasteiger partial charge in [-0.2, -0.15) is 0 Å². The summed E-state index contributed by atoms with van der Waals surface area (Å²) < 4.78 is 0. The van der Waals surface area contributed by atoms with Gasteiger partial charge in [-0.15, -0.1) is 0 Å². The van der Waals surface area contributed by atoms with E-state index < -0.39 is 12.0 Å². The summed E-state index contributed by atoms with van der Waals surface area (Å²) in [5, 5.41) is 18.2.